The first kappa shape index (κ1) is 19.5. The van der Waals surface area contributed by atoms with Crippen LogP contribution in [-0.4, -0.2) is 27.8 Å². The molecule has 0 saturated heterocycles. The van der Waals surface area contributed by atoms with Gasteiger partial charge in [0.25, 0.3) is 5.89 Å². The van der Waals surface area contributed by atoms with Crippen LogP contribution in [0.15, 0.2) is 57.7 Å². The van der Waals surface area contributed by atoms with Gasteiger partial charge in [0.1, 0.15) is 11.5 Å². The molecule has 8 nitrogen and oxygen atoms in total. The van der Waals surface area contributed by atoms with Crippen LogP contribution in [0.5, 0.6) is 5.75 Å². The zero-order valence-corrected chi connectivity index (χ0v) is 16.9. The SMILES string of the molecule is COc1cccc(-c2noc(COC(=O)c3cc(C)n(Cc4ccco4)c3C)n2)c1. The molecule has 8 heteroatoms. The van der Waals surface area contributed by atoms with Crippen molar-refractivity contribution < 1.29 is 23.2 Å². The summed E-state index contributed by atoms with van der Waals surface area (Å²) in [6, 6.07) is 12.8. The molecule has 4 rings (SSSR count). The first-order valence-corrected chi connectivity index (χ1v) is 9.38. The molecular weight excluding hydrogens is 386 g/mol. The predicted octanol–water partition coefficient (Wildman–Crippen LogP) is 4.16. The number of aromatic nitrogens is 3. The highest BCUT2D eigenvalue weighted by molar-refractivity contribution is 5.91. The first-order valence-electron chi connectivity index (χ1n) is 9.38. The van der Waals surface area contributed by atoms with E-state index >= 15 is 0 Å². The minimum atomic E-state index is -0.449. The molecule has 0 aliphatic rings. The number of nitrogens with zero attached hydrogens (tertiary/aromatic N) is 3. The Morgan fingerprint density at radius 2 is 2.03 bits per heavy atom. The molecule has 3 heterocycles. The van der Waals surface area contributed by atoms with Crippen LogP contribution >= 0.6 is 0 Å². The average molecular weight is 407 g/mol. The van der Waals surface area contributed by atoms with Gasteiger partial charge in [0.15, 0.2) is 6.61 Å². The van der Waals surface area contributed by atoms with Crippen LogP contribution < -0.4 is 4.74 Å². The molecule has 0 aliphatic carbocycles. The molecule has 0 fully saturated rings. The Bertz CT molecular complexity index is 1160. The maximum Gasteiger partial charge on any atom is 0.340 e. The lowest BCUT2D eigenvalue weighted by molar-refractivity contribution is 0.0429. The number of ether oxygens (including phenoxy) is 2. The summed E-state index contributed by atoms with van der Waals surface area (Å²) >= 11 is 0. The highest BCUT2D eigenvalue weighted by Crippen LogP contribution is 2.22. The van der Waals surface area contributed by atoms with E-state index in [9.17, 15) is 4.79 Å². The summed E-state index contributed by atoms with van der Waals surface area (Å²) < 4.78 is 23.2. The molecule has 0 unspecified atom stereocenters. The number of methoxy groups -OCH3 is 1. The molecule has 1 aromatic carbocycles. The molecule has 0 bridgehead atoms. The molecule has 0 amide bonds. The van der Waals surface area contributed by atoms with E-state index in [4.69, 9.17) is 18.4 Å². The maximum absolute atomic E-state index is 12.6. The van der Waals surface area contributed by atoms with E-state index in [1.807, 2.05) is 48.7 Å². The second kappa shape index (κ2) is 8.28. The van der Waals surface area contributed by atoms with Crippen LogP contribution in [0, 0.1) is 13.8 Å². The number of aryl methyl sites for hydroxylation is 1. The standard InChI is InChI=1S/C22H21N3O5/c1-14-10-19(15(2)25(14)12-18-8-5-9-28-18)22(26)29-13-20-23-21(24-30-20)16-6-4-7-17(11-16)27-3/h4-11H,12-13H2,1-3H3. The molecule has 0 spiro atoms. The fourth-order valence-corrected chi connectivity index (χ4v) is 3.21. The van der Waals surface area contributed by atoms with E-state index in [1.165, 1.54) is 0 Å². The van der Waals surface area contributed by atoms with E-state index in [0.717, 1.165) is 22.7 Å². The lowest BCUT2D eigenvalue weighted by Gasteiger charge is -2.07. The summed E-state index contributed by atoms with van der Waals surface area (Å²) in [5.41, 5.74) is 2.98. The van der Waals surface area contributed by atoms with Gasteiger partial charge in [-0.1, -0.05) is 17.3 Å². The number of esters is 1. The molecular formula is C22H21N3O5. The number of hydrogen-bond donors (Lipinski definition) is 0. The highest BCUT2D eigenvalue weighted by atomic mass is 16.6. The van der Waals surface area contributed by atoms with E-state index in [2.05, 4.69) is 10.1 Å². The van der Waals surface area contributed by atoms with E-state index in [0.29, 0.717) is 23.7 Å². The minimum Gasteiger partial charge on any atom is -0.497 e. The Morgan fingerprint density at radius 3 is 2.80 bits per heavy atom. The molecule has 154 valence electrons. The van der Waals surface area contributed by atoms with Crippen molar-refractivity contribution in [3.05, 3.63) is 77.3 Å². The van der Waals surface area contributed by atoms with Gasteiger partial charge in [-0.2, -0.15) is 4.98 Å². The summed E-state index contributed by atoms with van der Waals surface area (Å²) in [6.45, 7) is 4.24. The molecule has 0 aliphatic heterocycles. The minimum absolute atomic E-state index is 0.113. The van der Waals surface area contributed by atoms with Gasteiger partial charge in [-0.15, -0.1) is 0 Å². The zero-order chi connectivity index (χ0) is 21.1. The molecule has 3 aromatic heterocycles. The third-order valence-electron chi connectivity index (χ3n) is 4.81. The Balaban J connectivity index is 1.43. The Hall–Kier alpha value is -3.81. The third kappa shape index (κ3) is 3.98. The monoisotopic (exact) mass is 407 g/mol. The molecule has 0 saturated carbocycles. The third-order valence-corrected chi connectivity index (χ3v) is 4.81. The van der Waals surface area contributed by atoms with Crippen molar-refractivity contribution in [2.45, 2.75) is 27.0 Å². The second-order valence-corrected chi connectivity index (χ2v) is 6.77. The summed E-state index contributed by atoms with van der Waals surface area (Å²) in [7, 11) is 1.59. The lowest BCUT2D eigenvalue weighted by Crippen LogP contribution is -2.08. The summed E-state index contributed by atoms with van der Waals surface area (Å²) in [5.74, 6) is 1.67. The molecule has 0 N–H and O–H groups in total. The first-order chi connectivity index (χ1) is 14.5. The molecule has 0 radical (unpaired) electrons. The highest BCUT2D eigenvalue weighted by Gasteiger charge is 2.19. The van der Waals surface area contributed by atoms with Gasteiger partial charge in [0.2, 0.25) is 5.82 Å². The Morgan fingerprint density at radius 1 is 1.17 bits per heavy atom. The fourth-order valence-electron chi connectivity index (χ4n) is 3.21. The van der Waals surface area contributed by atoms with Gasteiger partial charge in [-0.05, 0) is 44.2 Å². The van der Waals surface area contributed by atoms with Gasteiger partial charge in [0.05, 0.1) is 25.5 Å². The number of hydrogen-bond acceptors (Lipinski definition) is 7. The van der Waals surface area contributed by atoms with Crippen molar-refractivity contribution in [2.75, 3.05) is 7.11 Å². The van der Waals surface area contributed by atoms with Crippen LogP contribution in [0.25, 0.3) is 11.4 Å². The van der Waals surface area contributed by atoms with Crippen LogP contribution in [0.1, 0.15) is 33.4 Å². The Kier molecular flexibility index (Phi) is 5.38. The smallest absolute Gasteiger partial charge is 0.340 e. The van der Waals surface area contributed by atoms with Crippen molar-refractivity contribution in [3.63, 3.8) is 0 Å². The number of rotatable bonds is 7. The van der Waals surface area contributed by atoms with Crippen LogP contribution in [-0.2, 0) is 17.9 Å². The predicted molar refractivity (Wildman–Crippen MR) is 107 cm³/mol. The molecule has 4 aromatic rings. The zero-order valence-electron chi connectivity index (χ0n) is 16.9. The van der Waals surface area contributed by atoms with Crippen molar-refractivity contribution in [2.24, 2.45) is 0 Å². The second-order valence-electron chi connectivity index (χ2n) is 6.77. The van der Waals surface area contributed by atoms with Crippen molar-refractivity contribution in [3.8, 4) is 17.1 Å². The Labute approximate surface area is 173 Å². The molecule has 0 atom stereocenters. The number of carbonyl (C=O) groups is 1. The van der Waals surface area contributed by atoms with Crippen LogP contribution in [0.4, 0.5) is 0 Å². The van der Waals surface area contributed by atoms with Crippen LogP contribution in [0.3, 0.4) is 0 Å². The topological polar surface area (TPSA) is 92.5 Å². The van der Waals surface area contributed by atoms with Crippen molar-refractivity contribution in [1.82, 2.24) is 14.7 Å². The number of carbonyl (C=O) groups excluding carboxylic acids is 1. The quantitative estimate of drug-likeness (QED) is 0.425. The fraction of sp³-hybridized carbons (Fsp3) is 0.227. The van der Waals surface area contributed by atoms with E-state index in [1.54, 1.807) is 25.5 Å². The average Bonchev–Trinajstić information content (AvgIpc) is 3.50. The van der Waals surface area contributed by atoms with E-state index < -0.39 is 5.97 Å². The number of benzene rings is 1. The van der Waals surface area contributed by atoms with Gasteiger partial charge in [-0.25, -0.2) is 4.79 Å². The largest absolute Gasteiger partial charge is 0.497 e. The summed E-state index contributed by atoms with van der Waals surface area (Å²) in [5, 5.41) is 3.94. The van der Waals surface area contributed by atoms with E-state index in [-0.39, 0.29) is 12.5 Å². The van der Waals surface area contributed by atoms with Gasteiger partial charge >= 0.3 is 5.97 Å². The molecule has 30 heavy (non-hydrogen) atoms. The summed E-state index contributed by atoms with van der Waals surface area (Å²) in [6.07, 6.45) is 1.63. The van der Waals surface area contributed by atoms with Crippen molar-refractivity contribution >= 4 is 5.97 Å². The normalized spacial score (nSPS) is 10.9. The van der Waals surface area contributed by atoms with Gasteiger partial charge in [-0.3, -0.25) is 0 Å². The van der Waals surface area contributed by atoms with Crippen molar-refractivity contribution in [1.29, 1.82) is 0 Å². The van der Waals surface area contributed by atoms with Gasteiger partial charge < -0.3 is 23.0 Å². The maximum atomic E-state index is 12.6. The van der Waals surface area contributed by atoms with Gasteiger partial charge in [0, 0.05) is 17.0 Å². The number of furan rings is 1. The summed E-state index contributed by atoms with van der Waals surface area (Å²) in [4.78, 5) is 16.9. The lowest BCUT2D eigenvalue weighted by atomic mass is 10.2. The van der Waals surface area contributed by atoms with Crippen LogP contribution in [0.2, 0.25) is 0 Å².